The van der Waals surface area contributed by atoms with Crippen LogP contribution in [-0.4, -0.2) is 39.2 Å². The molecule has 1 aliphatic heterocycles. The van der Waals surface area contributed by atoms with Gasteiger partial charge in [-0.1, -0.05) is 36.4 Å². The van der Waals surface area contributed by atoms with Crippen molar-refractivity contribution in [3.63, 3.8) is 0 Å². The van der Waals surface area contributed by atoms with Gasteiger partial charge in [-0.05, 0) is 42.2 Å². The summed E-state index contributed by atoms with van der Waals surface area (Å²) < 4.78 is 0. The maximum absolute atomic E-state index is 13.1. The molecule has 5 nitrogen and oxygen atoms in total. The van der Waals surface area contributed by atoms with Gasteiger partial charge in [-0.25, -0.2) is 0 Å². The maximum Gasteiger partial charge on any atom is 0.254 e. The van der Waals surface area contributed by atoms with Crippen molar-refractivity contribution in [2.24, 2.45) is 0 Å². The van der Waals surface area contributed by atoms with E-state index in [2.05, 4.69) is 11.1 Å². The molecule has 0 atom stereocenters. The van der Waals surface area contributed by atoms with Gasteiger partial charge in [-0.15, -0.1) is 0 Å². The molecule has 2 aliphatic rings. The molecular formula is C23H21N3O2. The Balaban J connectivity index is 1.32. The maximum atomic E-state index is 13.1. The van der Waals surface area contributed by atoms with Crippen LogP contribution < -0.4 is 0 Å². The molecule has 1 aromatic heterocycles. The van der Waals surface area contributed by atoms with Crippen molar-refractivity contribution in [1.82, 2.24) is 14.8 Å². The van der Waals surface area contributed by atoms with Crippen LogP contribution in [0.25, 0.3) is 10.9 Å². The first-order valence-corrected chi connectivity index (χ1v) is 9.69. The lowest BCUT2D eigenvalue weighted by Crippen LogP contribution is -2.41. The smallest absolute Gasteiger partial charge is 0.254 e. The number of carbonyl (C=O) groups is 2. The molecule has 5 heteroatoms. The predicted molar refractivity (Wildman–Crippen MR) is 106 cm³/mol. The highest BCUT2D eigenvalue weighted by Gasteiger charge is 2.35. The molecule has 140 valence electrons. The van der Waals surface area contributed by atoms with Crippen molar-refractivity contribution in [2.45, 2.75) is 32.0 Å². The normalized spacial score (nSPS) is 15.7. The van der Waals surface area contributed by atoms with Crippen LogP contribution in [-0.2, 0) is 17.9 Å². The summed E-state index contributed by atoms with van der Waals surface area (Å²) in [6, 6.07) is 18.0. The van der Waals surface area contributed by atoms with E-state index in [4.69, 9.17) is 0 Å². The molecule has 2 aromatic carbocycles. The van der Waals surface area contributed by atoms with Crippen LogP contribution in [0.15, 0.2) is 60.8 Å². The number of fused-ring (bicyclic) bond motifs is 2. The fraction of sp³-hybridized carbons (Fsp3) is 0.261. The molecule has 0 spiro atoms. The zero-order chi connectivity index (χ0) is 19.1. The van der Waals surface area contributed by atoms with Gasteiger partial charge in [0.2, 0.25) is 5.91 Å². The van der Waals surface area contributed by atoms with Gasteiger partial charge in [0.25, 0.3) is 5.91 Å². The van der Waals surface area contributed by atoms with Gasteiger partial charge in [-0.2, -0.15) is 0 Å². The van der Waals surface area contributed by atoms with Gasteiger partial charge < -0.3 is 9.80 Å². The lowest BCUT2D eigenvalue weighted by atomic mass is 10.1. The van der Waals surface area contributed by atoms with E-state index >= 15 is 0 Å². The summed E-state index contributed by atoms with van der Waals surface area (Å²) in [5.41, 5.74) is 3.69. The van der Waals surface area contributed by atoms with Crippen molar-refractivity contribution >= 4 is 22.7 Å². The average Bonchev–Trinajstić information content (AvgIpc) is 3.51. The minimum atomic E-state index is -0.0490. The minimum absolute atomic E-state index is 0.0109. The number of pyridine rings is 1. The third kappa shape index (κ3) is 3.13. The molecule has 2 amide bonds. The number of benzene rings is 2. The molecule has 1 aliphatic carbocycles. The molecule has 3 aromatic rings. The number of para-hydroxylation sites is 1. The van der Waals surface area contributed by atoms with Crippen LogP contribution in [0.4, 0.5) is 0 Å². The molecule has 0 unspecified atom stereocenters. The van der Waals surface area contributed by atoms with E-state index in [1.807, 2.05) is 59.6 Å². The monoisotopic (exact) mass is 371 g/mol. The summed E-state index contributed by atoms with van der Waals surface area (Å²) in [4.78, 5) is 33.7. The highest BCUT2D eigenvalue weighted by Crippen LogP contribution is 2.30. The highest BCUT2D eigenvalue weighted by molar-refractivity contribution is 6.00. The molecule has 1 fully saturated rings. The standard InChI is InChI=1S/C23H21N3O2/c27-22(15-25-14-18-6-1-3-7-20(18)23(25)28)26(19-9-10-19)13-16-11-17-5-2-4-8-21(17)24-12-16/h1-8,11-12,19H,9-10,13-15H2. The molecule has 1 saturated carbocycles. The number of nitrogens with zero attached hydrogens (tertiary/aromatic N) is 3. The van der Waals surface area contributed by atoms with Gasteiger partial charge >= 0.3 is 0 Å². The fourth-order valence-electron chi connectivity index (χ4n) is 3.90. The van der Waals surface area contributed by atoms with E-state index in [9.17, 15) is 9.59 Å². The predicted octanol–water partition coefficient (Wildman–Crippen LogP) is 3.38. The Morgan fingerprint density at radius 3 is 2.71 bits per heavy atom. The Morgan fingerprint density at radius 2 is 1.89 bits per heavy atom. The first kappa shape index (κ1) is 16.9. The average molecular weight is 371 g/mol. The first-order valence-electron chi connectivity index (χ1n) is 9.69. The van der Waals surface area contributed by atoms with Gasteiger partial charge in [-0.3, -0.25) is 14.6 Å². The van der Waals surface area contributed by atoms with Gasteiger partial charge in [0, 0.05) is 36.3 Å². The number of aromatic nitrogens is 1. The number of amides is 2. The van der Waals surface area contributed by atoms with Crippen molar-refractivity contribution in [3.05, 3.63) is 77.5 Å². The summed E-state index contributed by atoms with van der Waals surface area (Å²) in [5, 5.41) is 1.08. The Kier molecular flexibility index (Phi) is 4.08. The van der Waals surface area contributed by atoms with Crippen molar-refractivity contribution in [1.29, 1.82) is 0 Å². The summed E-state index contributed by atoms with van der Waals surface area (Å²) in [6.07, 6.45) is 3.91. The van der Waals surface area contributed by atoms with Crippen molar-refractivity contribution in [2.75, 3.05) is 6.54 Å². The number of hydrogen-bond donors (Lipinski definition) is 0. The molecular weight excluding hydrogens is 350 g/mol. The quantitative estimate of drug-likeness (QED) is 0.691. The molecule has 0 saturated heterocycles. The first-order chi connectivity index (χ1) is 13.7. The number of carbonyl (C=O) groups excluding carboxylic acids is 2. The Morgan fingerprint density at radius 1 is 1.11 bits per heavy atom. The lowest BCUT2D eigenvalue weighted by molar-refractivity contribution is -0.133. The van der Waals surface area contributed by atoms with Gasteiger partial charge in [0.1, 0.15) is 6.54 Å². The highest BCUT2D eigenvalue weighted by atomic mass is 16.2. The number of rotatable bonds is 5. The Bertz CT molecular complexity index is 1070. The van der Waals surface area contributed by atoms with E-state index in [1.54, 1.807) is 4.90 Å². The molecule has 0 bridgehead atoms. The van der Waals surface area contributed by atoms with Gasteiger partial charge in [0.05, 0.1) is 5.52 Å². The second-order valence-electron chi connectivity index (χ2n) is 7.61. The summed E-state index contributed by atoms with van der Waals surface area (Å²) >= 11 is 0. The van der Waals surface area contributed by atoms with Crippen LogP contribution in [0.2, 0.25) is 0 Å². The molecule has 0 N–H and O–H groups in total. The third-order valence-electron chi connectivity index (χ3n) is 5.53. The zero-order valence-corrected chi connectivity index (χ0v) is 15.5. The van der Waals surface area contributed by atoms with Crippen LogP contribution in [0.5, 0.6) is 0 Å². The summed E-state index contributed by atoms with van der Waals surface area (Å²) in [7, 11) is 0. The lowest BCUT2D eigenvalue weighted by Gasteiger charge is -2.25. The third-order valence-corrected chi connectivity index (χ3v) is 5.53. The van der Waals surface area contributed by atoms with E-state index in [-0.39, 0.29) is 24.4 Å². The van der Waals surface area contributed by atoms with Gasteiger partial charge in [0.15, 0.2) is 0 Å². The van der Waals surface area contributed by atoms with Crippen LogP contribution >= 0.6 is 0 Å². The second-order valence-corrected chi connectivity index (χ2v) is 7.61. The largest absolute Gasteiger partial charge is 0.334 e. The Hall–Kier alpha value is -3.21. The molecule has 5 rings (SSSR count). The molecule has 2 heterocycles. The molecule has 0 radical (unpaired) electrons. The van der Waals surface area contributed by atoms with Crippen LogP contribution in [0.1, 0.15) is 34.3 Å². The zero-order valence-electron chi connectivity index (χ0n) is 15.5. The topological polar surface area (TPSA) is 53.5 Å². The van der Waals surface area contributed by atoms with Crippen molar-refractivity contribution < 1.29 is 9.59 Å². The number of hydrogen-bond acceptors (Lipinski definition) is 3. The van der Waals surface area contributed by atoms with Crippen molar-refractivity contribution in [3.8, 4) is 0 Å². The summed E-state index contributed by atoms with van der Waals surface area (Å²) in [6.45, 7) is 1.18. The van der Waals surface area contributed by atoms with E-state index in [1.165, 1.54) is 0 Å². The van der Waals surface area contributed by atoms with Crippen LogP contribution in [0.3, 0.4) is 0 Å². The fourth-order valence-corrected chi connectivity index (χ4v) is 3.90. The SMILES string of the molecule is O=C1c2ccccc2CN1CC(=O)N(Cc1cnc2ccccc2c1)C1CC1. The Labute approximate surface area is 163 Å². The van der Waals surface area contributed by atoms with E-state index < -0.39 is 0 Å². The second kappa shape index (κ2) is 6.75. The van der Waals surface area contributed by atoms with Crippen LogP contribution in [0, 0.1) is 0 Å². The van der Waals surface area contributed by atoms with E-state index in [0.29, 0.717) is 18.7 Å². The molecule has 28 heavy (non-hydrogen) atoms. The summed E-state index contributed by atoms with van der Waals surface area (Å²) in [5.74, 6) is -0.0381. The van der Waals surface area contributed by atoms with E-state index in [0.717, 1.165) is 34.9 Å². The minimum Gasteiger partial charge on any atom is -0.334 e.